The summed E-state index contributed by atoms with van der Waals surface area (Å²) in [6.07, 6.45) is 0. The summed E-state index contributed by atoms with van der Waals surface area (Å²) >= 11 is 0. The van der Waals surface area contributed by atoms with Crippen molar-refractivity contribution in [3.8, 4) is 0 Å². The molecule has 2 aromatic carbocycles. The summed E-state index contributed by atoms with van der Waals surface area (Å²) in [6.45, 7) is 2.10. The van der Waals surface area contributed by atoms with Crippen molar-refractivity contribution in [3.05, 3.63) is 65.0 Å². The normalized spacial score (nSPS) is 10.3. The predicted molar refractivity (Wildman–Crippen MR) is 73.4 cm³/mol. The van der Waals surface area contributed by atoms with Gasteiger partial charge in [0.1, 0.15) is 5.82 Å². The maximum Gasteiger partial charge on any atom is 0.256 e. The Morgan fingerprint density at radius 3 is 2.63 bits per heavy atom. The second kappa shape index (κ2) is 5.63. The first-order chi connectivity index (χ1) is 9.11. The molecule has 0 aliphatic rings. The molecule has 0 aliphatic carbocycles. The van der Waals surface area contributed by atoms with Crippen LogP contribution in [0.15, 0.2) is 42.5 Å². The molecule has 3 N–H and O–H groups in total. The minimum absolute atomic E-state index is 0.158. The monoisotopic (exact) mass is 258 g/mol. The summed E-state index contributed by atoms with van der Waals surface area (Å²) in [7, 11) is 0. The summed E-state index contributed by atoms with van der Waals surface area (Å²) in [5.74, 6) is -0.803. The molecule has 0 aliphatic heterocycles. The van der Waals surface area contributed by atoms with E-state index >= 15 is 0 Å². The number of rotatable bonds is 3. The Kier molecular flexibility index (Phi) is 3.92. The van der Waals surface area contributed by atoms with Crippen LogP contribution in [0.4, 0.5) is 10.1 Å². The summed E-state index contributed by atoms with van der Waals surface area (Å²) in [5, 5.41) is 2.56. The van der Waals surface area contributed by atoms with Crippen molar-refractivity contribution in [3.63, 3.8) is 0 Å². The van der Waals surface area contributed by atoms with Gasteiger partial charge in [0.05, 0.1) is 5.69 Å². The third kappa shape index (κ3) is 2.98. The molecule has 4 heteroatoms. The Morgan fingerprint density at radius 1 is 1.26 bits per heavy atom. The highest BCUT2D eigenvalue weighted by Crippen LogP contribution is 2.17. The summed E-state index contributed by atoms with van der Waals surface area (Å²) in [4.78, 5) is 12.0. The molecular weight excluding hydrogens is 243 g/mol. The molecule has 0 bridgehead atoms. The molecule has 0 saturated carbocycles. The van der Waals surface area contributed by atoms with Gasteiger partial charge in [-0.25, -0.2) is 4.39 Å². The third-order valence-corrected chi connectivity index (χ3v) is 2.91. The van der Waals surface area contributed by atoms with E-state index in [-0.39, 0.29) is 18.1 Å². The zero-order chi connectivity index (χ0) is 13.8. The van der Waals surface area contributed by atoms with Crippen LogP contribution in [0.3, 0.4) is 0 Å². The van der Waals surface area contributed by atoms with E-state index in [4.69, 9.17) is 5.73 Å². The average Bonchev–Trinajstić information content (AvgIpc) is 2.41. The molecule has 3 nitrogen and oxygen atoms in total. The zero-order valence-electron chi connectivity index (χ0n) is 10.6. The smallest absolute Gasteiger partial charge is 0.256 e. The van der Waals surface area contributed by atoms with Gasteiger partial charge in [-0.05, 0) is 36.2 Å². The molecule has 0 heterocycles. The first-order valence-electron chi connectivity index (χ1n) is 5.97. The lowest BCUT2D eigenvalue weighted by Gasteiger charge is -2.09. The van der Waals surface area contributed by atoms with Crippen LogP contribution in [0.1, 0.15) is 21.5 Å². The second-order valence-electron chi connectivity index (χ2n) is 4.29. The number of anilines is 1. The maximum absolute atomic E-state index is 13.7. The van der Waals surface area contributed by atoms with Crippen LogP contribution in [0.25, 0.3) is 0 Å². The van der Waals surface area contributed by atoms with Crippen LogP contribution in [-0.4, -0.2) is 5.91 Å². The Balaban J connectivity index is 2.22. The van der Waals surface area contributed by atoms with E-state index in [9.17, 15) is 9.18 Å². The van der Waals surface area contributed by atoms with Crippen molar-refractivity contribution >= 4 is 11.6 Å². The van der Waals surface area contributed by atoms with Crippen molar-refractivity contribution in [2.75, 3.05) is 5.32 Å². The van der Waals surface area contributed by atoms with Crippen molar-refractivity contribution in [1.29, 1.82) is 0 Å². The van der Waals surface area contributed by atoms with Gasteiger partial charge >= 0.3 is 0 Å². The molecule has 2 rings (SSSR count). The Bertz CT molecular complexity index is 611. The number of amides is 1. The van der Waals surface area contributed by atoms with Crippen LogP contribution in [-0.2, 0) is 6.54 Å². The van der Waals surface area contributed by atoms with Gasteiger partial charge in [0.2, 0.25) is 0 Å². The number of benzene rings is 2. The molecular formula is C15H15FN2O. The first-order valence-corrected chi connectivity index (χ1v) is 5.97. The van der Waals surface area contributed by atoms with Crippen molar-refractivity contribution in [2.24, 2.45) is 5.73 Å². The van der Waals surface area contributed by atoms with Gasteiger partial charge in [-0.1, -0.05) is 24.3 Å². The molecule has 0 radical (unpaired) electrons. The maximum atomic E-state index is 13.7. The van der Waals surface area contributed by atoms with Gasteiger partial charge in [0.25, 0.3) is 5.91 Å². The lowest BCUT2D eigenvalue weighted by atomic mass is 10.1. The van der Waals surface area contributed by atoms with E-state index in [2.05, 4.69) is 5.32 Å². The van der Waals surface area contributed by atoms with E-state index in [1.807, 2.05) is 19.1 Å². The van der Waals surface area contributed by atoms with Crippen LogP contribution < -0.4 is 11.1 Å². The fourth-order valence-corrected chi connectivity index (χ4v) is 1.80. The molecule has 0 unspecified atom stereocenters. The SMILES string of the molecule is Cc1ccccc1C(=O)Nc1ccc(CN)cc1F. The standard InChI is InChI=1S/C15H15FN2O/c1-10-4-2-3-5-12(10)15(19)18-14-7-6-11(9-17)8-13(14)16/h2-8H,9,17H2,1H3,(H,18,19). The fraction of sp³-hybridized carbons (Fsp3) is 0.133. The molecule has 1 amide bonds. The topological polar surface area (TPSA) is 55.1 Å². The number of nitrogens with two attached hydrogens (primary N) is 1. The van der Waals surface area contributed by atoms with Gasteiger partial charge in [-0.3, -0.25) is 4.79 Å². The van der Waals surface area contributed by atoms with E-state index in [1.165, 1.54) is 12.1 Å². The van der Waals surface area contributed by atoms with E-state index in [1.54, 1.807) is 18.2 Å². The van der Waals surface area contributed by atoms with Crippen molar-refractivity contribution in [1.82, 2.24) is 0 Å². The number of hydrogen-bond acceptors (Lipinski definition) is 2. The molecule has 19 heavy (non-hydrogen) atoms. The number of aryl methyl sites for hydroxylation is 1. The van der Waals surface area contributed by atoms with Gasteiger partial charge in [0, 0.05) is 12.1 Å². The van der Waals surface area contributed by atoms with Crippen LogP contribution in [0, 0.1) is 12.7 Å². The van der Waals surface area contributed by atoms with Crippen molar-refractivity contribution < 1.29 is 9.18 Å². The van der Waals surface area contributed by atoms with Gasteiger partial charge in [-0.2, -0.15) is 0 Å². The van der Waals surface area contributed by atoms with Crippen LogP contribution in [0.2, 0.25) is 0 Å². The lowest BCUT2D eigenvalue weighted by molar-refractivity contribution is 0.102. The molecule has 0 aromatic heterocycles. The first kappa shape index (κ1) is 13.2. The molecule has 0 spiro atoms. The number of nitrogens with one attached hydrogen (secondary N) is 1. The molecule has 0 atom stereocenters. The molecule has 98 valence electrons. The molecule has 0 fully saturated rings. The van der Waals surface area contributed by atoms with Gasteiger partial charge in [0.15, 0.2) is 0 Å². The van der Waals surface area contributed by atoms with Crippen molar-refractivity contribution in [2.45, 2.75) is 13.5 Å². The van der Waals surface area contributed by atoms with Gasteiger partial charge in [-0.15, -0.1) is 0 Å². The Morgan fingerprint density at radius 2 is 2.00 bits per heavy atom. The minimum atomic E-state index is -0.482. The lowest BCUT2D eigenvalue weighted by Crippen LogP contribution is -2.14. The highest BCUT2D eigenvalue weighted by molar-refractivity contribution is 6.05. The Hall–Kier alpha value is -2.20. The highest BCUT2D eigenvalue weighted by atomic mass is 19.1. The van der Waals surface area contributed by atoms with Crippen LogP contribution in [0.5, 0.6) is 0 Å². The van der Waals surface area contributed by atoms with E-state index < -0.39 is 5.82 Å². The largest absolute Gasteiger partial charge is 0.326 e. The summed E-state index contributed by atoms with van der Waals surface area (Å²) in [6, 6.07) is 11.7. The minimum Gasteiger partial charge on any atom is -0.326 e. The number of hydrogen-bond donors (Lipinski definition) is 2. The highest BCUT2D eigenvalue weighted by Gasteiger charge is 2.11. The number of carbonyl (C=O) groups is 1. The van der Waals surface area contributed by atoms with Gasteiger partial charge < -0.3 is 11.1 Å². The van der Waals surface area contributed by atoms with E-state index in [0.717, 1.165) is 5.56 Å². The zero-order valence-corrected chi connectivity index (χ0v) is 10.6. The fourth-order valence-electron chi connectivity index (χ4n) is 1.80. The quantitative estimate of drug-likeness (QED) is 0.889. The molecule has 2 aromatic rings. The summed E-state index contributed by atoms with van der Waals surface area (Å²) < 4.78 is 13.7. The number of halogens is 1. The molecule has 0 saturated heterocycles. The second-order valence-corrected chi connectivity index (χ2v) is 4.29. The Labute approximate surface area is 111 Å². The summed E-state index contributed by atoms with van der Waals surface area (Å²) in [5.41, 5.74) is 7.65. The average molecular weight is 258 g/mol. The third-order valence-electron chi connectivity index (χ3n) is 2.91. The van der Waals surface area contributed by atoms with E-state index in [0.29, 0.717) is 11.1 Å². The van der Waals surface area contributed by atoms with Crippen LogP contribution >= 0.6 is 0 Å². The predicted octanol–water partition coefficient (Wildman–Crippen LogP) is 2.85. The number of carbonyl (C=O) groups excluding carboxylic acids is 1.